The molecule has 0 unspecified atom stereocenters. The summed E-state index contributed by atoms with van der Waals surface area (Å²) in [6.45, 7) is -2.86. The summed E-state index contributed by atoms with van der Waals surface area (Å²) in [7, 11) is 0. The molecule has 0 bridgehead atoms. The quantitative estimate of drug-likeness (QED) is 0.632. The van der Waals surface area contributed by atoms with Gasteiger partial charge in [0.1, 0.15) is 25.2 Å². The van der Waals surface area contributed by atoms with Gasteiger partial charge in [0.15, 0.2) is 0 Å². The molecule has 2 aromatic carbocycles. The largest absolute Gasteiger partial charge is 0.480 e. The summed E-state index contributed by atoms with van der Waals surface area (Å²) >= 11 is 0. The first-order valence-corrected chi connectivity index (χ1v) is 10.8. The molecule has 2 aliphatic rings. The van der Waals surface area contributed by atoms with E-state index in [4.69, 9.17) is 9.84 Å². The van der Waals surface area contributed by atoms with Gasteiger partial charge in [0, 0.05) is 5.92 Å². The van der Waals surface area contributed by atoms with Crippen molar-refractivity contribution in [1.29, 1.82) is 0 Å². The van der Waals surface area contributed by atoms with Crippen LogP contribution in [-0.4, -0.2) is 59.4 Å². The SMILES string of the molecule is O=C(O)CN(CC(F)(F)F)C(=O)C1(NC(=O)OCC2c3ccccc3-c3ccccc32)CCC1. The van der Waals surface area contributed by atoms with E-state index in [1.54, 1.807) is 0 Å². The van der Waals surface area contributed by atoms with Gasteiger partial charge in [-0.2, -0.15) is 13.2 Å². The molecule has 0 saturated heterocycles. The molecule has 2 aliphatic carbocycles. The standard InChI is InChI=1S/C24H23F3N2O5/c25-24(26,27)14-29(12-20(30)31)21(32)23(10-5-11-23)28-22(33)34-13-19-17-8-3-1-6-15(17)16-7-2-4-9-18(16)19/h1-4,6-9,19H,5,10-14H2,(H,28,33)(H,30,31). The number of halogens is 3. The Morgan fingerprint density at radius 3 is 2.06 bits per heavy atom. The molecule has 0 spiro atoms. The fourth-order valence-corrected chi connectivity index (χ4v) is 4.63. The van der Waals surface area contributed by atoms with Crippen molar-refractivity contribution in [3.05, 3.63) is 59.7 Å². The fourth-order valence-electron chi connectivity index (χ4n) is 4.63. The monoisotopic (exact) mass is 476 g/mol. The van der Waals surface area contributed by atoms with E-state index in [9.17, 15) is 27.6 Å². The van der Waals surface area contributed by atoms with Crippen molar-refractivity contribution in [3.8, 4) is 11.1 Å². The average Bonchev–Trinajstić information content (AvgIpc) is 3.06. The van der Waals surface area contributed by atoms with Gasteiger partial charge < -0.3 is 20.1 Å². The Morgan fingerprint density at radius 1 is 1.03 bits per heavy atom. The Morgan fingerprint density at radius 2 is 1.59 bits per heavy atom. The summed E-state index contributed by atoms with van der Waals surface area (Å²) < 4.78 is 44.2. The maximum absolute atomic E-state index is 12.9. The molecule has 34 heavy (non-hydrogen) atoms. The fraction of sp³-hybridized carbons (Fsp3) is 0.375. The minimum atomic E-state index is -4.78. The van der Waals surface area contributed by atoms with Crippen molar-refractivity contribution >= 4 is 18.0 Å². The number of carbonyl (C=O) groups is 3. The average molecular weight is 476 g/mol. The normalized spacial score (nSPS) is 16.1. The van der Waals surface area contributed by atoms with E-state index in [-0.39, 0.29) is 30.3 Å². The number of nitrogens with one attached hydrogen (secondary N) is 1. The van der Waals surface area contributed by atoms with Crippen LogP contribution in [0.25, 0.3) is 11.1 Å². The maximum Gasteiger partial charge on any atom is 0.408 e. The van der Waals surface area contributed by atoms with Gasteiger partial charge in [-0.1, -0.05) is 48.5 Å². The second-order valence-corrected chi connectivity index (χ2v) is 8.56. The molecule has 2 N–H and O–H groups in total. The van der Waals surface area contributed by atoms with E-state index in [1.807, 2.05) is 48.5 Å². The molecule has 180 valence electrons. The van der Waals surface area contributed by atoms with Gasteiger partial charge in [-0.3, -0.25) is 9.59 Å². The van der Waals surface area contributed by atoms with Crippen LogP contribution >= 0.6 is 0 Å². The number of nitrogens with zero attached hydrogens (tertiary/aromatic N) is 1. The molecule has 2 aromatic rings. The number of rotatable bonds is 7. The molecule has 2 amide bonds. The lowest BCUT2D eigenvalue weighted by Crippen LogP contribution is -2.65. The third kappa shape index (κ3) is 4.71. The Labute approximate surface area is 193 Å². The van der Waals surface area contributed by atoms with Crippen molar-refractivity contribution in [2.45, 2.75) is 36.9 Å². The summed E-state index contributed by atoms with van der Waals surface area (Å²) in [5.74, 6) is -2.87. The highest BCUT2D eigenvalue weighted by Crippen LogP contribution is 2.44. The van der Waals surface area contributed by atoms with E-state index < -0.39 is 42.8 Å². The van der Waals surface area contributed by atoms with Crippen molar-refractivity contribution < 1.29 is 37.4 Å². The molecule has 4 rings (SSSR count). The topological polar surface area (TPSA) is 95.9 Å². The van der Waals surface area contributed by atoms with Crippen LogP contribution in [0, 0.1) is 0 Å². The van der Waals surface area contributed by atoms with Crippen LogP contribution in [0.3, 0.4) is 0 Å². The second kappa shape index (κ2) is 9.00. The van der Waals surface area contributed by atoms with E-state index in [0.717, 1.165) is 22.3 Å². The summed E-state index contributed by atoms with van der Waals surface area (Å²) in [5.41, 5.74) is 2.44. The molecular weight excluding hydrogens is 453 g/mol. The smallest absolute Gasteiger partial charge is 0.408 e. The van der Waals surface area contributed by atoms with Gasteiger partial charge in [-0.05, 0) is 41.5 Å². The molecular formula is C24H23F3N2O5. The lowest BCUT2D eigenvalue weighted by Gasteiger charge is -2.43. The first kappa shape index (κ1) is 23.6. The number of carboxylic acids is 1. The number of benzene rings is 2. The maximum atomic E-state index is 12.9. The number of carbonyl (C=O) groups excluding carboxylic acids is 2. The van der Waals surface area contributed by atoms with E-state index in [1.165, 1.54) is 0 Å². The highest BCUT2D eigenvalue weighted by atomic mass is 19.4. The number of hydrogen-bond donors (Lipinski definition) is 2. The molecule has 0 heterocycles. The summed E-state index contributed by atoms with van der Waals surface area (Å²) in [6.07, 6.45) is -5.01. The Kier molecular flexibility index (Phi) is 6.24. The van der Waals surface area contributed by atoms with Crippen LogP contribution in [0.4, 0.5) is 18.0 Å². The molecule has 0 aliphatic heterocycles. The molecule has 1 fully saturated rings. The predicted octanol–water partition coefficient (Wildman–Crippen LogP) is 3.92. The molecule has 1 saturated carbocycles. The zero-order chi connectivity index (χ0) is 24.5. The second-order valence-electron chi connectivity index (χ2n) is 8.56. The van der Waals surface area contributed by atoms with Crippen molar-refractivity contribution in [1.82, 2.24) is 10.2 Å². The van der Waals surface area contributed by atoms with Gasteiger partial charge >= 0.3 is 18.2 Å². The van der Waals surface area contributed by atoms with E-state index in [0.29, 0.717) is 6.42 Å². The number of ether oxygens (including phenoxy) is 1. The highest BCUT2D eigenvalue weighted by Gasteiger charge is 2.50. The third-order valence-electron chi connectivity index (χ3n) is 6.28. The van der Waals surface area contributed by atoms with Crippen LogP contribution in [0.5, 0.6) is 0 Å². The van der Waals surface area contributed by atoms with Crippen molar-refractivity contribution in [2.24, 2.45) is 0 Å². The number of hydrogen-bond acceptors (Lipinski definition) is 4. The minimum absolute atomic E-state index is 0.0223. The Hall–Kier alpha value is -3.56. The molecule has 0 atom stereocenters. The first-order valence-electron chi connectivity index (χ1n) is 10.8. The van der Waals surface area contributed by atoms with Crippen LogP contribution in [-0.2, 0) is 14.3 Å². The Bertz CT molecular complexity index is 1070. The summed E-state index contributed by atoms with van der Waals surface area (Å²) in [4.78, 5) is 36.7. The zero-order valence-corrected chi connectivity index (χ0v) is 18.1. The number of alkyl halides is 3. The lowest BCUT2D eigenvalue weighted by molar-refractivity contribution is -0.171. The number of alkyl carbamates (subject to hydrolysis) is 1. The number of amides is 2. The highest BCUT2D eigenvalue weighted by molar-refractivity contribution is 5.92. The summed E-state index contributed by atoms with van der Waals surface area (Å²) in [6, 6.07) is 15.5. The third-order valence-corrected chi connectivity index (χ3v) is 6.28. The van der Waals surface area contributed by atoms with Gasteiger partial charge in [0.25, 0.3) is 0 Å². The van der Waals surface area contributed by atoms with E-state index >= 15 is 0 Å². The zero-order valence-electron chi connectivity index (χ0n) is 18.1. The molecule has 0 aromatic heterocycles. The van der Waals surface area contributed by atoms with E-state index in [2.05, 4.69) is 5.32 Å². The van der Waals surface area contributed by atoms with Crippen LogP contribution < -0.4 is 5.32 Å². The lowest BCUT2D eigenvalue weighted by atomic mass is 9.75. The van der Waals surface area contributed by atoms with Crippen LogP contribution in [0.2, 0.25) is 0 Å². The first-order chi connectivity index (χ1) is 16.1. The van der Waals surface area contributed by atoms with Crippen LogP contribution in [0.15, 0.2) is 48.5 Å². The minimum Gasteiger partial charge on any atom is -0.480 e. The van der Waals surface area contributed by atoms with Gasteiger partial charge in [-0.25, -0.2) is 4.79 Å². The van der Waals surface area contributed by atoms with Gasteiger partial charge in [-0.15, -0.1) is 0 Å². The van der Waals surface area contributed by atoms with Crippen molar-refractivity contribution in [3.63, 3.8) is 0 Å². The molecule has 10 heteroatoms. The van der Waals surface area contributed by atoms with Crippen molar-refractivity contribution in [2.75, 3.05) is 19.7 Å². The molecule has 7 nitrogen and oxygen atoms in total. The summed E-state index contributed by atoms with van der Waals surface area (Å²) in [5, 5.41) is 11.4. The molecule has 0 radical (unpaired) electrons. The predicted molar refractivity (Wildman–Crippen MR) is 115 cm³/mol. The van der Waals surface area contributed by atoms with Crippen LogP contribution in [0.1, 0.15) is 36.3 Å². The number of aliphatic carboxylic acids is 1. The van der Waals surface area contributed by atoms with Gasteiger partial charge in [0.05, 0.1) is 0 Å². The van der Waals surface area contributed by atoms with Gasteiger partial charge in [0.2, 0.25) is 5.91 Å². The number of carboxylic acid groups (broad SMARTS) is 1. The number of fused-ring (bicyclic) bond motifs is 3. The Balaban J connectivity index is 1.46.